The number of hydrogen-bond donors (Lipinski definition) is 1. The highest BCUT2D eigenvalue weighted by Crippen LogP contribution is 2.22. The molecule has 88 valence electrons. The topological polar surface area (TPSA) is 38.3 Å². The first-order valence-electron chi connectivity index (χ1n) is 4.80. The van der Waals surface area contributed by atoms with Crippen LogP contribution in [0.3, 0.4) is 0 Å². The molecule has 3 nitrogen and oxygen atoms in total. The van der Waals surface area contributed by atoms with E-state index in [9.17, 15) is 4.79 Å². The number of amides is 1. The third-order valence-corrected chi connectivity index (χ3v) is 2.34. The van der Waals surface area contributed by atoms with Crippen molar-refractivity contribution in [3.05, 3.63) is 28.8 Å². The van der Waals surface area contributed by atoms with Crippen LogP contribution in [0.4, 0.5) is 0 Å². The second-order valence-electron chi connectivity index (χ2n) is 3.34. The highest BCUT2D eigenvalue weighted by Gasteiger charge is 2.12. The standard InChI is InChI=1S/C11H13Cl2NO2/c1-7(12)6-14-11(15)9-5-8(13)3-4-10(9)16-2/h3-5,7H,6H2,1-2H3,(H,14,15). The maximum Gasteiger partial charge on any atom is 0.255 e. The summed E-state index contributed by atoms with van der Waals surface area (Å²) in [6, 6.07) is 4.89. The van der Waals surface area contributed by atoms with Crippen molar-refractivity contribution in [2.75, 3.05) is 13.7 Å². The summed E-state index contributed by atoms with van der Waals surface area (Å²) in [6.45, 7) is 2.20. The zero-order valence-corrected chi connectivity index (χ0v) is 10.6. The molecule has 0 spiro atoms. The molecule has 1 amide bonds. The Labute approximate surface area is 105 Å². The number of benzene rings is 1. The maximum atomic E-state index is 11.8. The lowest BCUT2D eigenvalue weighted by Gasteiger charge is -2.10. The van der Waals surface area contributed by atoms with E-state index in [0.29, 0.717) is 22.9 Å². The summed E-state index contributed by atoms with van der Waals surface area (Å²) in [7, 11) is 1.50. The molecular weight excluding hydrogens is 249 g/mol. The molecule has 0 aliphatic rings. The lowest BCUT2D eigenvalue weighted by Crippen LogP contribution is -2.28. The molecule has 0 radical (unpaired) electrons. The summed E-state index contributed by atoms with van der Waals surface area (Å²) in [4.78, 5) is 11.8. The van der Waals surface area contributed by atoms with Crippen LogP contribution in [-0.4, -0.2) is 24.9 Å². The minimum atomic E-state index is -0.244. The van der Waals surface area contributed by atoms with Crippen molar-refractivity contribution in [1.82, 2.24) is 5.32 Å². The van der Waals surface area contributed by atoms with Crippen LogP contribution in [0.2, 0.25) is 5.02 Å². The molecule has 0 heterocycles. The predicted molar refractivity (Wildman–Crippen MR) is 65.7 cm³/mol. The summed E-state index contributed by atoms with van der Waals surface area (Å²) >= 11 is 11.6. The fraction of sp³-hybridized carbons (Fsp3) is 0.364. The van der Waals surface area contributed by atoms with Crippen molar-refractivity contribution in [2.24, 2.45) is 0 Å². The van der Waals surface area contributed by atoms with E-state index in [-0.39, 0.29) is 11.3 Å². The Kier molecular flexibility index (Phi) is 4.90. The summed E-state index contributed by atoms with van der Waals surface area (Å²) in [5, 5.41) is 3.06. The van der Waals surface area contributed by atoms with Gasteiger partial charge in [-0.1, -0.05) is 11.6 Å². The Morgan fingerprint density at radius 2 is 2.25 bits per heavy atom. The van der Waals surface area contributed by atoms with Gasteiger partial charge in [-0.3, -0.25) is 4.79 Å². The molecule has 1 rings (SSSR count). The highest BCUT2D eigenvalue weighted by molar-refractivity contribution is 6.31. The molecule has 0 bridgehead atoms. The number of nitrogens with one attached hydrogen (secondary N) is 1. The average molecular weight is 262 g/mol. The van der Waals surface area contributed by atoms with Crippen molar-refractivity contribution in [3.8, 4) is 5.75 Å². The predicted octanol–water partition coefficient (Wildman–Crippen LogP) is 2.71. The van der Waals surface area contributed by atoms with Crippen LogP contribution in [0.25, 0.3) is 0 Å². The quantitative estimate of drug-likeness (QED) is 0.847. The van der Waals surface area contributed by atoms with E-state index in [2.05, 4.69) is 5.32 Å². The maximum absolute atomic E-state index is 11.8. The van der Waals surface area contributed by atoms with Crippen LogP contribution in [0.1, 0.15) is 17.3 Å². The molecule has 0 fully saturated rings. The van der Waals surface area contributed by atoms with Crippen molar-refractivity contribution in [1.29, 1.82) is 0 Å². The Bertz CT molecular complexity index is 380. The molecular formula is C11H13Cl2NO2. The minimum Gasteiger partial charge on any atom is -0.496 e. The largest absolute Gasteiger partial charge is 0.496 e. The van der Waals surface area contributed by atoms with Crippen LogP contribution in [0, 0.1) is 0 Å². The summed E-state index contributed by atoms with van der Waals surface area (Å²) in [6.07, 6.45) is 0. The first-order chi connectivity index (χ1) is 7.54. The zero-order chi connectivity index (χ0) is 12.1. The van der Waals surface area contributed by atoms with Crippen molar-refractivity contribution >= 4 is 29.1 Å². The molecule has 1 unspecified atom stereocenters. The van der Waals surface area contributed by atoms with E-state index in [1.807, 2.05) is 0 Å². The monoisotopic (exact) mass is 261 g/mol. The fourth-order valence-corrected chi connectivity index (χ4v) is 1.44. The molecule has 0 aromatic heterocycles. The Balaban J connectivity index is 2.84. The number of carbonyl (C=O) groups excluding carboxylic acids is 1. The van der Waals surface area contributed by atoms with Gasteiger partial charge in [-0.25, -0.2) is 0 Å². The van der Waals surface area contributed by atoms with Gasteiger partial charge in [0.1, 0.15) is 5.75 Å². The normalized spacial score (nSPS) is 12.0. The number of carbonyl (C=O) groups is 1. The van der Waals surface area contributed by atoms with Crippen molar-refractivity contribution in [3.63, 3.8) is 0 Å². The van der Waals surface area contributed by atoms with Gasteiger partial charge >= 0.3 is 0 Å². The second kappa shape index (κ2) is 5.97. The van der Waals surface area contributed by atoms with Gasteiger partial charge < -0.3 is 10.1 Å². The molecule has 0 aliphatic carbocycles. The van der Waals surface area contributed by atoms with Gasteiger partial charge in [0, 0.05) is 16.9 Å². The van der Waals surface area contributed by atoms with Gasteiger partial charge in [0.2, 0.25) is 0 Å². The molecule has 1 atom stereocenters. The third-order valence-electron chi connectivity index (χ3n) is 1.95. The van der Waals surface area contributed by atoms with Gasteiger partial charge in [0.15, 0.2) is 0 Å². The molecule has 1 N–H and O–H groups in total. The van der Waals surface area contributed by atoms with E-state index in [1.165, 1.54) is 7.11 Å². The number of halogens is 2. The van der Waals surface area contributed by atoms with Crippen LogP contribution in [-0.2, 0) is 0 Å². The lowest BCUT2D eigenvalue weighted by molar-refractivity contribution is 0.0951. The minimum absolute atomic E-state index is 0.117. The summed E-state index contributed by atoms with van der Waals surface area (Å²) in [5.74, 6) is 0.246. The van der Waals surface area contributed by atoms with Crippen LogP contribution in [0.15, 0.2) is 18.2 Å². The van der Waals surface area contributed by atoms with Gasteiger partial charge in [-0.2, -0.15) is 0 Å². The van der Waals surface area contributed by atoms with E-state index in [4.69, 9.17) is 27.9 Å². The Hall–Kier alpha value is -0.930. The van der Waals surface area contributed by atoms with E-state index in [0.717, 1.165) is 0 Å². The Morgan fingerprint density at radius 3 is 2.81 bits per heavy atom. The first-order valence-corrected chi connectivity index (χ1v) is 5.62. The molecule has 1 aromatic carbocycles. The molecule has 5 heteroatoms. The number of rotatable bonds is 4. The van der Waals surface area contributed by atoms with E-state index >= 15 is 0 Å². The number of alkyl halides is 1. The summed E-state index contributed by atoms with van der Waals surface area (Å²) < 4.78 is 5.08. The number of hydrogen-bond acceptors (Lipinski definition) is 2. The first kappa shape index (κ1) is 13.1. The fourth-order valence-electron chi connectivity index (χ4n) is 1.19. The van der Waals surface area contributed by atoms with Gasteiger partial charge in [-0.05, 0) is 25.1 Å². The second-order valence-corrected chi connectivity index (χ2v) is 4.52. The molecule has 16 heavy (non-hydrogen) atoms. The van der Waals surface area contributed by atoms with E-state index < -0.39 is 0 Å². The van der Waals surface area contributed by atoms with Crippen molar-refractivity contribution in [2.45, 2.75) is 12.3 Å². The number of ether oxygens (including phenoxy) is 1. The molecule has 0 aliphatic heterocycles. The Morgan fingerprint density at radius 1 is 1.56 bits per heavy atom. The number of methoxy groups -OCH3 is 1. The van der Waals surface area contributed by atoms with Gasteiger partial charge in [-0.15, -0.1) is 11.6 Å². The van der Waals surface area contributed by atoms with Gasteiger partial charge in [0.05, 0.1) is 12.7 Å². The summed E-state index contributed by atoms with van der Waals surface area (Å²) in [5.41, 5.74) is 0.410. The molecule has 0 saturated carbocycles. The van der Waals surface area contributed by atoms with Crippen LogP contribution in [0.5, 0.6) is 5.75 Å². The highest BCUT2D eigenvalue weighted by atomic mass is 35.5. The zero-order valence-electron chi connectivity index (χ0n) is 9.09. The molecule has 0 saturated heterocycles. The lowest BCUT2D eigenvalue weighted by atomic mass is 10.2. The van der Waals surface area contributed by atoms with Crippen LogP contribution < -0.4 is 10.1 Å². The average Bonchev–Trinajstić information content (AvgIpc) is 2.25. The van der Waals surface area contributed by atoms with Gasteiger partial charge in [0.25, 0.3) is 5.91 Å². The SMILES string of the molecule is COc1ccc(Cl)cc1C(=O)NCC(C)Cl. The van der Waals surface area contributed by atoms with E-state index in [1.54, 1.807) is 25.1 Å². The third kappa shape index (κ3) is 3.58. The smallest absolute Gasteiger partial charge is 0.255 e. The molecule has 1 aromatic rings. The van der Waals surface area contributed by atoms with Crippen molar-refractivity contribution < 1.29 is 9.53 Å². The van der Waals surface area contributed by atoms with Crippen LogP contribution >= 0.6 is 23.2 Å².